The zero-order valence-corrected chi connectivity index (χ0v) is 11.5. The molecule has 0 aromatic carbocycles. The van der Waals surface area contributed by atoms with E-state index in [1.54, 1.807) is 11.9 Å². The summed E-state index contributed by atoms with van der Waals surface area (Å²) in [6, 6.07) is 0.487. The first-order chi connectivity index (χ1) is 9.13. The van der Waals surface area contributed by atoms with Gasteiger partial charge in [0.25, 0.3) is 0 Å². The van der Waals surface area contributed by atoms with E-state index < -0.39 is 0 Å². The molecule has 3 aliphatic rings. The topological polar surface area (TPSA) is 61.4 Å². The number of likely N-dealkylation sites (tertiary alicyclic amines) is 1. The molecule has 2 amide bonds. The number of nitrogens with one attached hydrogen (secondary N) is 2. The highest BCUT2D eigenvalue weighted by Crippen LogP contribution is 2.33. The van der Waals surface area contributed by atoms with Gasteiger partial charge in [0.05, 0.1) is 12.1 Å². The average molecular weight is 265 g/mol. The minimum atomic E-state index is -0.0471. The quantitative estimate of drug-likeness (QED) is 0.752. The van der Waals surface area contributed by atoms with Gasteiger partial charge in [0.2, 0.25) is 11.8 Å². The van der Waals surface area contributed by atoms with Crippen molar-refractivity contribution in [1.29, 1.82) is 0 Å². The molecule has 0 radical (unpaired) electrons. The molecule has 0 aromatic rings. The van der Waals surface area contributed by atoms with Crippen LogP contribution >= 0.6 is 0 Å². The lowest BCUT2D eigenvalue weighted by Crippen LogP contribution is -2.47. The zero-order chi connectivity index (χ0) is 13.4. The van der Waals surface area contributed by atoms with Gasteiger partial charge in [0, 0.05) is 26.1 Å². The third-order valence-electron chi connectivity index (χ3n) is 4.87. The number of hydrogen-bond donors (Lipinski definition) is 2. The van der Waals surface area contributed by atoms with Crippen molar-refractivity contribution in [2.75, 3.05) is 13.6 Å². The van der Waals surface area contributed by atoms with E-state index in [1.165, 1.54) is 25.7 Å². The molecule has 2 N–H and O–H groups in total. The van der Waals surface area contributed by atoms with Crippen LogP contribution in [-0.2, 0) is 9.59 Å². The fourth-order valence-electron chi connectivity index (χ4n) is 3.78. The number of likely N-dealkylation sites (N-methyl/N-ethyl adjacent to an activating group) is 1. The van der Waals surface area contributed by atoms with Gasteiger partial charge in [-0.25, -0.2) is 0 Å². The molecule has 1 saturated carbocycles. The highest BCUT2D eigenvalue weighted by Gasteiger charge is 2.39. The fraction of sp³-hybridized carbons (Fsp3) is 0.857. The summed E-state index contributed by atoms with van der Waals surface area (Å²) in [5.41, 5.74) is 0. The maximum Gasteiger partial charge on any atom is 0.237 e. The van der Waals surface area contributed by atoms with E-state index in [0.29, 0.717) is 24.9 Å². The normalized spacial score (nSPS) is 38.4. The van der Waals surface area contributed by atoms with E-state index >= 15 is 0 Å². The van der Waals surface area contributed by atoms with E-state index in [1.807, 2.05) is 0 Å². The van der Waals surface area contributed by atoms with Crippen LogP contribution in [0.15, 0.2) is 0 Å². The van der Waals surface area contributed by atoms with Crippen molar-refractivity contribution in [1.82, 2.24) is 15.5 Å². The lowest BCUT2D eigenvalue weighted by molar-refractivity contribution is -0.126. The molecule has 5 nitrogen and oxygen atoms in total. The van der Waals surface area contributed by atoms with Crippen LogP contribution in [0.1, 0.15) is 38.5 Å². The number of hydrogen-bond acceptors (Lipinski definition) is 3. The molecule has 3 rings (SSSR count). The highest BCUT2D eigenvalue weighted by molar-refractivity contribution is 5.85. The maximum absolute atomic E-state index is 12.3. The van der Waals surface area contributed by atoms with E-state index in [2.05, 4.69) is 10.6 Å². The molecular formula is C14H23N3O2. The Hall–Kier alpha value is -1.10. The van der Waals surface area contributed by atoms with E-state index in [0.717, 1.165) is 6.42 Å². The molecule has 0 spiro atoms. The van der Waals surface area contributed by atoms with Crippen LogP contribution in [0.2, 0.25) is 0 Å². The van der Waals surface area contributed by atoms with Crippen molar-refractivity contribution in [3.05, 3.63) is 0 Å². The molecule has 106 valence electrons. The number of rotatable bonds is 2. The summed E-state index contributed by atoms with van der Waals surface area (Å²) in [6.45, 7) is 0.643. The Morgan fingerprint density at radius 3 is 2.84 bits per heavy atom. The van der Waals surface area contributed by atoms with Gasteiger partial charge < -0.3 is 15.5 Å². The molecule has 3 fully saturated rings. The van der Waals surface area contributed by atoms with Crippen molar-refractivity contribution in [3.63, 3.8) is 0 Å². The number of fused-ring (bicyclic) bond motifs is 1. The van der Waals surface area contributed by atoms with Crippen molar-refractivity contribution >= 4 is 11.8 Å². The van der Waals surface area contributed by atoms with Crippen LogP contribution in [0.25, 0.3) is 0 Å². The first-order valence-corrected chi connectivity index (χ1v) is 7.44. The third kappa shape index (κ3) is 2.61. The Balaban J connectivity index is 1.52. The Morgan fingerprint density at radius 2 is 2.16 bits per heavy atom. The molecule has 2 aliphatic heterocycles. The van der Waals surface area contributed by atoms with Crippen molar-refractivity contribution in [2.24, 2.45) is 5.92 Å². The summed E-state index contributed by atoms with van der Waals surface area (Å²) >= 11 is 0. The predicted molar refractivity (Wildman–Crippen MR) is 71.5 cm³/mol. The Labute approximate surface area is 114 Å². The fourth-order valence-corrected chi connectivity index (χ4v) is 3.78. The van der Waals surface area contributed by atoms with Gasteiger partial charge in [-0.15, -0.1) is 0 Å². The van der Waals surface area contributed by atoms with Crippen LogP contribution in [-0.4, -0.2) is 48.4 Å². The average Bonchev–Trinajstić information content (AvgIpc) is 2.93. The smallest absolute Gasteiger partial charge is 0.237 e. The third-order valence-corrected chi connectivity index (χ3v) is 4.87. The molecule has 0 aromatic heterocycles. The van der Waals surface area contributed by atoms with E-state index in [4.69, 9.17) is 0 Å². The molecule has 4 unspecified atom stereocenters. The molecule has 5 heteroatoms. The minimum Gasteiger partial charge on any atom is -0.350 e. The molecule has 2 heterocycles. The lowest BCUT2D eigenvalue weighted by Gasteiger charge is -2.24. The standard InChI is InChI=1S/C14H23N3O2/c1-17-8-10(7-13(17)18)15-14(19)12-6-9-4-2-3-5-11(9)16-12/h9-12,16H,2-8H2,1H3,(H,15,19). The molecule has 19 heavy (non-hydrogen) atoms. The second kappa shape index (κ2) is 5.12. The van der Waals surface area contributed by atoms with Crippen LogP contribution in [0.3, 0.4) is 0 Å². The molecule has 0 bridgehead atoms. The van der Waals surface area contributed by atoms with Gasteiger partial charge in [-0.2, -0.15) is 0 Å². The zero-order valence-electron chi connectivity index (χ0n) is 11.5. The van der Waals surface area contributed by atoms with Gasteiger partial charge in [-0.05, 0) is 25.2 Å². The Morgan fingerprint density at radius 1 is 1.37 bits per heavy atom. The highest BCUT2D eigenvalue weighted by atomic mass is 16.2. The summed E-state index contributed by atoms with van der Waals surface area (Å²) in [6.07, 6.45) is 6.46. The summed E-state index contributed by atoms with van der Waals surface area (Å²) in [7, 11) is 1.79. The van der Waals surface area contributed by atoms with Gasteiger partial charge in [0.1, 0.15) is 0 Å². The van der Waals surface area contributed by atoms with Crippen molar-refractivity contribution < 1.29 is 9.59 Å². The summed E-state index contributed by atoms with van der Waals surface area (Å²) < 4.78 is 0. The maximum atomic E-state index is 12.3. The first kappa shape index (κ1) is 12.9. The van der Waals surface area contributed by atoms with Crippen molar-refractivity contribution in [2.45, 2.75) is 56.7 Å². The second-order valence-electron chi connectivity index (χ2n) is 6.29. The first-order valence-electron chi connectivity index (χ1n) is 7.44. The van der Waals surface area contributed by atoms with Crippen LogP contribution < -0.4 is 10.6 Å². The number of carbonyl (C=O) groups excluding carboxylic acids is 2. The number of nitrogens with zero attached hydrogens (tertiary/aromatic N) is 1. The van der Waals surface area contributed by atoms with Crippen LogP contribution in [0.5, 0.6) is 0 Å². The minimum absolute atomic E-state index is 0.00516. The van der Waals surface area contributed by atoms with Crippen LogP contribution in [0, 0.1) is 5.92 Å². The number of carbonyl (C=O) groups is 2. The van der Waals surface area contributed by atoms with Crippen molar-refractivity contribution in [3.8, 4) is 0 Å². The lowest BCUT2D eigenvalue weighted by atomic mass is 9.85. The van der Waals surface area contributed by atoms with E-state index in [-0.39, 0.29) is 23.9 Å². The van der Waals surface area contributed by atoms with Gasteiger partial charge in [-0.3, -0.25) is 9.59 Å². The molecule has 4 atom stereocenters. The second-order valence-corrected chi connectivity index (χ2v) is 6.29. The SMILES string of the molecule is CN1CC(NC(=O)C2CC3CCCCC3N2)CC1=O. The van der Waals surface area contributed by atoms with Crippen LogP contribution in [0.4, 0.5) is 0 Å². The Kier molecular flexibility index (Phi) is 3.48. The summed E-state index contributed by atoms with van der Waals surface area (Å²) in [5, 5.41) is 6.51. The molecule has 2 saturated heterocycles. The summed E-state index contributed by atoms with van der Waals surface area (Å²) in [4.78, 5) is 25.4. The van der Waals surface area contributed by atoms with E-state index in [9.17, 15) is 9.59 Å². The monoisotopic (exact) mass is 265 g/mol. The summed E-state index contributed by atoms with van der Waals surface area (Å²) in [5.74, 6) is 0.887. The predicted octanol–water partition coefficient (Wildman–Crippen LogP) is 0.254. The van der Waals surface area contributed by atoms with Gasteiger partial charge >= 0.3 is 0 Å². The number of amides is 2. The largest absolute Gasteiger partial charge is 0.350 e. The van der Waals surface area contributed by atoms with Gasteiger partial charge in [0.15, 0.2) is 0 Å². The van der Waals surface area contributed by atoms with Gasteiger partial charge in [-0.1, -0.05) is 12.8 Å². The molecule has 1 aliphatic carbocycles. The molecular weight excluding hydrogens is 242 g/mol. The Bertz CT molecular complexity index is 371.